The van der Waals surface area contributed by atoms with Crippen LogP contribution in [0.1, 0.15) is 30.0 Å². The van der Waals surface area contributed by atoms with Crippen LogP contribution in [-0.4, -0.2) is 36.8 Å². The molecule has 0 aromatic heterocycles. The van der Waals surface area contributed by atoms with Crippen molar-refractivity contribution in [3.05, 3.63) is 64.1 Å². The Morgan fingerprint density at radius 1 is 0.966 bits per heavy atom. The largest absolute Gasteiger partial charge is 0.493 e. The van der Waals surface area contributed by atoms with Crippen molar-refractivity contribution in [1.29, 1.82) is 0 Å². The Balaban J connectivity index is 1.61. The van der Waals surface area contributed by atoms with Gasteiger partial charge in [0.05, 0.1) is 19.1 Å². The van der Waals surface area contributed by atoms with E-state index in [0.717, 1.165) is 35.7 Å². The molecule has 0 atom stereocenters. The lowest BCUT2D eigenvalue weighted by atomic mass is 10.1. The molecule has 3 rings (SSSR count). The number of aryl methyl sites for hydroxylation is 2. The molecule has 2 amide bonds. The Morgan fingerprint density at radius 3 is 2.31 bits per heavy atom. The van der Waals surface area contributed by atoms with Crippen molar-refractivity contribution in [3.63, 3.8) is 0 Å². The summed E-state index contributed by atoms with van der Waals surface area (Å²) in [4.78, 5) is 26.8. The average molecular weight is 412 g/mol. The van der Waals surface area contributed by atoms with Crippen molar-refractivity contribution in [2.24, 2.45) is 0 Å². The number of carbonyl (C=O) groups excluding carboxylic acids is 2. The maximum atomic E-state index is 12.6. The number of nitrogens with zero attached hydrogens (tertiary/aromatic N) is 1. The van der Waals surface area contributed by atoms with Gasteiger partial charge in [-0.3, -0.25) is 14.5 Å². The van der Waals surface area contributed by atoms with Crippen LogP contribution in [0.4, 0.5) is 4.79 Å². The lowest BCUT2D eigenvalue weighted by Crippen LogP contribution is -2.29. The van der Waals surface area contributed by atoms with Crippen LogP contribution in [0.2, 0.25) is 0 Å². The first-order chi connectivity index (χ1) is 14.0. The Hall–Kier alpha value is -2.73. The summed E-state index contributed by atoms with van der Waals surface area (Å²) in [5.74, 6) is 1.14. The molecule has 29 heavy (non-hydrogen) atoms. The maximum absolute atomic E-state index is 12.6. The van der Waals surface area contributed by atoms with Crippen LogP contribution in [0.25, 0.3) is 6.08 Å². The van der Waals surface area contributed by atoms with Gasteiger partial charge in [0.1, 0.15) is 0 Å². The van der Waals surface area contributed by atoms with E-state index in [0.29, 0.717) is 29.4 Å². The highest BCUT2D eigenvalue weighted by Crippen LogP contribution is 2.33. The van der Waals surface area contributed by atoms with E-state index in [4.69, 9.17) is 9.47 Å². The molecule has 0 radical (unpaired) electrons. The fraction of sp³-hybridized carbons (Fsp3) is 0.304. The number of methoxy groups -OCH3 is 2. The minimum absolute atomic E-state index is 0.210. The zero-order valence-electron chi connectivity index (χ0n) is 16.9. The monoisotopic (exact) mass is 411 g/mol. The lowest BCUT2D eigenvalue weighted by molar-refractivity contribution is -0.122. The molecule has 2 aromatic carbocycles. The molecule has 0 saturated carbocycles. The highest BCUT2D eigenvalue weighted by molar-refractivity contribution is 8.18. The van der Waals surface area contributed by atoms with Crippen molar-refractivity contribution in [2.75, 3.05) is 20.8 Å². The zero-order valence-corrected chi connectivity index (χ0v) is 17.8. The third-order valence-corrected chi connectivity index (χ3v) is 5.76. The van der Waals surface area contributed by atoms with Crippen LogP contribution < -0.4 is 9.47 Å². The molecule has 1 aliphatic rings. The number of thioether (sulfide) groups is 1. The van der Waals surface area contributed by atoms with Gasteiger partial charge in [-0.05, 0) is 65.9 Å². The summed E-state index contributed by atoms with van der Waals surface area (Å²) in [5, 5.41) is -0.210. The summed E-state index contributed by atoms with van der Waals surface area (Å²) in [6.45, 7) is 2.49. The van der Waals surface area contributed by atoms with Gasteiger partial charge in [-0.2, -0.15) is 0 Å². The SMILES string of the molecule is CCc1ccc(C=C2SC(=O)N(CCCc3ccc(OC)c(OC)c3)C2=O)cc1. The molecule has 0 N–H and O–H groups in total. The van der Waals surface area contributed by atoms with Gasteiger partial charge in [-0.1, -0.05) is 37.3 Å². The number of benzene rings is 2. The molecule has 152 valence electrons. The Labute approximate surface area is 175 Å². The minimum Gasteiger partial charge on any atom is -0.493 e. The van der Waals surface area contributed by atoms with Crippen LogP contribution >= 0.6 is 11.8 Å². The van der Waals surface area contributed by atoms with Gasteiger partial charge >= 0.3 is 0 Å². The van der Waals surface area contributed by atoms with Crippen molar-refractivity contribution in [3.8, 4) is 11.5 Å². The number of hydrogen-bond acceptors (Lipinski definition) is 5. The molecule has 1 fully saturated rings. The van der Waals surface area contributed by atoms with Gasteiger partial charge in [0.2, 0.25) is 0 Å². The average Bonchev–Trinajstić information content (AvgIpc) is 3.01. The quantitative estimate of drug-likeness (QED) is 0.576. The predicted octanol–water partition coefficient (Wildman–Crippen LogP) is 4.94. The van der Waals surface area contributed by atoms with E-state index in [1.165, 1.54) is 10.5 Å². The molecule has 0 aliphatic carbocycles. The van der Waals surface area contributed by atoms with Gasteiger partial charge < -0.3 is 9.47 Å². The fourth-order valence-electron chi connectivity index (χ4n) is 3.17. The second kappa shape index (κ2) is 9.65. The van der Waals surface area contributed by atoms with E-state index in [2.05, 4.69) is 6.92 Å². The summed E-state index contributed by atoms with van der Waals surface area (Å²) in [5.41, 5.74) is 3.24. The molecule has 1 saturated heterocycles. The number of rotatable bonds is 8. The summed E-state index contributed by atoms with van der Waals surface area (Å²) < 4.78 is 10.6. The topological polar surface area (TPSA) is 55.8 Å². The van der Waals surface area contributed by atoms with E-state index >= 15 is 0 Å². The zero-order chi connectivity index (χ0) is 20.8. The standard InChI is InChI=1S/C23H25NO4S/c1-4-16-7-9-18(10-8-16)15-21-22(25)24(23(26)29-21)13-5-6-17-11-12-19(27-2)20(14-17)28-3/h7-12,14-15H,4-6,13H2,1-3H3. The maximum Gasteiger partial charge on any atom is 0.293 e. The summed E-state index contributed by atoms with van der Waals surface area (Å²) >= 11 is 1.01. The van der Waals surface area contributed by atoms with E-state index in [1.807, 2.05) is 42.5 Å². The smallest absolute Gasteiger partial charge is 0.293 e. The second-order valence-corrected chi connectivity index (χ2v) is 7.71. The molecule has 2 aromatic rings. The van der Waals surface area contributed by atoms with E-state index < -0.39 is 0 Å². The first kappa shape index (κ1) is 21.0. The van der Waals surface area contributed by atoms with Crippen molar-refractivity contribution < 1.29 is 19.1 Å². The molecule has 0 spiro atoms. The number of carbonyl (C=O) groups is 2. The number of hydrogen-bond donors (Lipinski definition) is 0. The Bertz CT molecular complexity index is 921. The highest BCUT2D eigenvalue weighted by Gasteiger charge is 2.34. The van der Waals surface area contributed by atoms with Gasteiger partial charge in [0.15, 0.2) is 11.5 Å². The Kier molecular flexibility index (Phi) is 6.99. The highest BCUT2D eigenvalue weighted by atomic mass is 32.2. The van der Waals surface area contributed by atoms with Crippen LogP contribution in [0.5, 0.6) is 11.5 Å². The third-order valence-electron chi connectivity index (χ3n) is 4.85. The molecular formula is C23H25NO4S. The summed E-state index contributed by atoms with van der Waals surface area (Å²) in [6, 6.07) is 13.8. The van der Waals surface area contributed by atoms with Gasteiger partial charge in [-0.15, -0.1) is 0 Å². The van der Waals surface area contributed by atoms with E-state index in [-0.39, 0.29) is 11.1 Å². The normalized spacial score (nSPS) is 15.3. The summed E-state index contributed by atoms with van der Waals surface area (Å²) in [6.07, 6.45) is 4.18. The number of amides is 2. The third kappa shape index (κ3) is 5.01. The van der Waals surface area contributed by atoms with Crippen molar-refractivity contribution in [1.82, 2.24) is 4.90 Å². The van der Waals surface area contributed by atoms with Crippen LogP contribution in [-0.2, 0) is 17.6 Å². The molecule has 6 heteroatoms. The van der Waals surface area contributed by atoms with E-state index in [1.54, 1.807) is 20.3 Å². The molecule has 5 nitrogen and oxygen atoms in total. The second-order valence-electron chi connectivity index (χ2n) is 6.72. The first-order valence-corrected chi connectivity index (χ1v) is 10.4. The molecule has 1 aliphatic heterocycles. The molecule has 0 unspecified atom stereocenters. The van der Waals surface area contributed by atoms with Crippen LogP contribution in [0, 0.1) is 0 Å². The van der Waals surface area contributed by atoms with Crippen molar-refractivity contribution in [2.45, 2.75) is 26.2 Å². The van der Waals surface area contributed by atoms with Gasteiger partial charge in [0, 0.05) is 6.54 Å². The number of ether oxygens (including phenoxy) is 2. The Morgan fingerprint density at radius 2 is 1.66 bits per heavy atom. The molecule has 0 bridgehead atoms. The first-order valence-electron chi connectivity index (χ1n) is 9.61. The minimum atomic E-state index is -0.216. The van der Waals surface area contributed by atoms with Crippen molar-refractivity contribution >= 4 is 29.0 Å². The molecule has 1 heterocycles. The van der Waals surface area contributed by atoms with Crippen LogP contribution in [0.15, 0.2) is 47.4 Å². The van der Waals surface area contributed by atoms with Gasteiger partial charge in [-0.25, -0.2) is 0 Å². The van der Waals surface area contributed by atoms with Gasteiger partial charge in [0.25, 0.3) is 11.1 Å². The van der Waals surface area contributed by atoms with Crippen LogP contribution in [0.3, 0.4) is 0 Å². The molecular weight excluding hydrogens is 386 g/mol. The lowest BCUT2D eigenvalue weighted by Gasteiger charge is -2.13. The summed E-state index contributed by atoms with van der Waals surface area (Å²) in [7, 11) is 3.20. The predicted molar refractivity (Wildman–Crippen MR) is 116 cm³/mol. The fourth-order valence-corrected chi connectivity index (χ4v) is 4.04. The van der Waals surface area contributed by atoms with E-state index in [9.17, 15) is 9.59 Å². The number of imide groups is 1.